The standard InChI is InChI=1S/C15H9BrN2O2S/c16-11-7-5-10(6-8-11)13-9-21-15(17-13)12-3-1-2-4-14(12)18(19)20/h1-9H. The molecule has 0 amide bonds. The van der Waals surface area contributed by atoms with Gasteiger partial charge in [0.1, 0.15) is 5.01 Å². The van der Waals surface area contributed by atoms with Crippen molar-refractivity contribution in [3.05, 3.63) is 68.5 Å². The molecular weight excluding hydrogens is 352 g/mol. The number of nitrogens with zero attached hydrogens (tertiary/aromatic N) is 2. The van der Waals surface area contributed by atoms with E-state index >= 15 is 0 Å². The quantitative estimate of drug-likeness (QED) is 0.479. The average molecular weight is 361 g/mol. The van der Waals surface area contributed by atoms with E-state index in [2.05, 4.69) is 20.9 Å². The molecule has 0 fully saturated rings. The minimum Gasteiger partial charge on any atom is -0.258 e. The number of halogens is 1. The van der Waals surface area contributed by atoms with Crippen LogP contribution in [0.5, 0.6) is 0 Å². The molecule has 3 rings (SSSR count). The SMILES string of the molecule is O=[N+]([O-])c1ccccc1-c1nc(-c2ccc(Br)cc2)cs1. The van der Waals surface area contributed by atoms with Gasteiger partial charge in [-0.3, -0.25) is 10.1 Å². The molecule has 2 aromatic carbocycles. The van der Waals surface area contributed by atoms with Crippen molar-refractivity contribution in [2.45, 2.75) is 0 Å². The first-order valence-corrected chi connectivity index (χ1v) is 7.77. The van der Waals surface area contributed by atoms with Gasteiger partial charge in [0, 0.05) is 21.5 Å². The van der Waals surface area contributed by atoms with Crippen molar-refractivity contribution < 1.29 is 4.92 Å². The lowest BCUT2D eigenvalue weighted by molar-refractivity contribution is -0.384. The van der Waals surface area contributed by atoms with Gasteiger partial charge in [0.05, 0.1) is 16.2 Å². The number of thiazole rings is 1. The van der Waals surface area contributed by atoms with Gasteiger partial charge in [-0.15, -0.1) is 11.3 Å². The molecule has 0 unspecified atom stereocenters. The molecule has 0 atom stereocenters. The van der Waals surface area contributed by atoms with Crippen LogP contribution in [-0.4, -0.2) is 9.91 Å². The van der Waals surface area contributed by atoms with E-state index in [1.807, 2.05) is 29.6 Å². The van der Waals surface area contributed by atoms with E-state index in [1.54, 1.807) is 18.2 Å². The van der Waals surface area contributed by atoms with E-state index in [9.17, 15) is 10.1 Å². The van der Waals surface area contributed by atoms with Gasteiger partial charge in [-0.2, -0.15) is 0 Å². The Kier molecular flexibility index (Phi) is 3.81. The van der Waals surface area contributed by atoms with Gasteiger partial charge in [0.2, 0.25) is 0 Å². The summed E-state index contributed by atoms with van der Waals surface area (Å²) in [7, 11) is 0. The number of aromatic nitrogens is 1. The Hall–Kier alpha value is -2.05. The highest BCUT2D eigenvalue weighted by Gasteiger charge is 2.17. The molecular formula is C15H9BrN2O2S. The lowest BCUT2D eigenvalue weighted by Gasteiger charge is -1.99. The molecule has 104 valence electrons. The zero-order chi connectivity index (χ0) is 14.8. The molecule has 0 saturated carbocycles. The predicted octanol–water partition coefficient (Wildman–Crippen LogP) is 5.15. The van der Waals surface area contributed by atoms with Crippen LogP contribution in [0.3, 0.4) is 0 Å². The van der Waals surface area contributed by atoms with Crippen LogP contribution in [0.15, 0.2) is 58.4 Å². The van der Waals surface area contributed by atoms with Gasteiger partial charge in [-0.25, -0.2) is 4.98 Å². The molecule has 0 N–H and O–H groups in total. The van der Waals surface area contributed by atoms with Crippen molar-refractivity contribution in [2.24, 2.45) is 0 Å². The Labute approximate surface area is 133 Å². The van der Waals surface area contributed by atoms with Crippen LogP contribution < -0.4 is 0 Å². The number of hydrogen-bond acceptors (Lipinski definition) is 4. The maximum absolute atomic E-state index is 11.1. The molecule has 0 radical (unpaired) electrons. The molecule has 0 aliphatic carbocycles. The molecule has 1 heterocycles. The lowest BCUT2D eigenvalue weighted by Crippen LogP contribution is -1.91. The van der Waals surface area contributed by atoms with Gasteiger partial charge < -0.3 is 0 Å². The fourth-order valence-corrected chi connectivity index (χ4v) is 3.09. The van der Waals surface area contributed by atoms with Crippen molar-refractivity contribution in [3.63, 3.8) is 0 Å². The Morgan fingerprint density at radius 2 is 1.81 bits per heavy atom. The first kappa shape index (κ1) is 13.9. The fourth-order valence-electron chi connectivity index (χ4n) is 1.96. The van der Waals surface area contributed by atoms with Crippen molar-refractivity contribution >= 4 is 33.0 Å². The van der Waals surface area contributed by atoms with Gasteiger partial charge in [-0.1, -0.05) is 40.2 Å². The topological polar surface area (TPSA) is 56.0 Å². The zero-order valence-electron chi connectivity index (χ0n) is 10.7. The molecule has 0 aliphatic rings. The maximum atomic E-state index is 11.1. The third kappa shape index (κ3) is 2.86. The van der Waals surface area contributed by atoms with E-state index in [0.717, 1.165) is 15.7 Å². The third-order valence-corrected chi connectivity index (χ3v) is 4.38. The second-order valence-electron chi connectivity index (χ2n) is 4.32. The normalized spacial score (nSPS) is 10.5. The van der Waals surface area contributed by atoms with Gasteiger partial charge >= 0.3 is 0 Å². The second kappa shape index (κ2) is 5.75. The fraction of sp³-hybridized carbons (Fsp3) is 0. The van der Waals surface area contributed by atoms with Crippen LogP contribution in [0.2, 0.25) is 0 Å². The lowest BCUT2D eigenvalue weighted by atomic mass is 10.1. The third-order valence-electron chi connectivity index (χ3n) is 2.98. The van der Waals surface area contributed by atoms with E-state index in [-0.39, 0.29) is 10.6 Å². The van der Waals surface area contributed by atoms with Crippen LogP contribution in [-0.2, 0) is 0 Å². The first-order valence-electron chi connectivity index (χ1n) is 6.10. The van der Waals surface area contributed by atoms with E-state index in [1.165, 1.54) is 17.4 Å². The van der Waals surface area contributed by atoms with E-state index < -0.39 is 0 Å². The number of para-hydroxylation sites is 1. The molecule has 21 heavy (non-hydrogen) atoms. The number of nitro benzene ring substituents is 1. The summed E-state index contributed by atoms with van der Waals surface area (Å²) in [6, 6.07) is 14.5. The van der Waals surface area contributed by atoms with Crippen LogP contribution in [0.1, 0.15) is 0 Å². The summed E-state index contributed by atoms with van der Waals surface area (Å²) >= 11 is 4.80. The minimum atomic E-state index is -0.379. The van der Waals surface area contributed by atoms with Crippen LogP contribution in [0, 0.1) is 10.1 Å². The van der Waals surface area contributed by atoms with E-state index in [4.69, 9.17) is 0 Å². The summed E-state index contributed by atoms with van der Waals surface area (Å²) in [6.45, 7) is 0. The number of rotatable bonds is 3. The van der Waals surface area contributed by atoms with Gasteiger partial charge in [0.25, 0.3) is 5.69 Å². The summed E-state index contributed by atoms with van der Waals surface area (Å²) in [5.41, 5.74) is 2.44. The minimum absolute atomic E-state index is 0.0780. The molecule has 0 saturated heterocycles. The van der Waals surface area contributed by atoms with Crippen molar-refractivity contribution in [3.8, 4) is 21.8 Å². The molecule has 3 aromatic rings. The summed E-state index contributed by atoms with van der Waals surface area (Å²) in [5, 5.41) is 13.7. The largest absolute Gasteiger partial charge is 0.279 e. The Morgan fingerprint density at radius 3 is 2.52 bits per heavy atom. The number of nitro groups is 1. The summed E-state index contributed by atoms with van der Waals surface area (Å²) in [6.07, 6.45) is 0. The smallest absolute Gasteiger partial charge is 0.258 e. The number of hydrogen-bond donors (Lipinski definition) is 0. The first-order chi connectivity index (χ1) is 10.1. The van der Waals surface area contributed by atoms with Crippen LogP contribution in [0.25, 0.3) is 21.8 Å². The van der Waals surface area contributed by atoms with Crippen LogP contribution >= 0.6 is 27.3 Å². The maximum Gasteiger partial charge on any atom is 0.279 e. The van der Waals surface area contributed by atoms with E-state index in [0.29, 0.717) is 10.6 Å². The van der Waals surface area contributed by atoms with Gasteiger partial charge in [-0.05, 0) is 18.2 Å². The molecule has 0 aliphatic heterocycles. The molecule has 0 spiro atoms. The van der Waals surface area contributed by atoms with Crippen molar-refractivity contribution in [1.82, 2.24) is 4.98 Å². The molecule has 4 nitrogen and oxygen atoms in total. The summed E-state index contributed by atoms with van der Waals surface area (Å²) < 4.78 is 1.00. The molecule has 1 aromatic heterocycles. The summed E-state index contributed by atoms with van der Waals surface area (Å²) in [4.78, 5) is 15.2. The highest BCUT2D eigenvalue weighted by molar-refractivity contribution is 9.10. The van der Waals surface area contributed by atoms with Crippen molar-refractivity contribution in [1.29, 1.82) is 0 Å². The van der Waals surface area contributed by atoms with Crippen LogP contribution in [0.4, 0.5) is 5.69 Å². The number of benzene rings is 2. The monoisotopic (exact) mass is 360 g/mol. The Bertz CT molecular complexity index is 799. The highest BCUT2D eigenvalue weighted by atomic mass is 79.9. The zero-order valence-corrected chi connectivity index (χ0v) is 13.1. The Morgan fingerprint density at radius 1 is 1.10 bits per heavy atom. The summed E-state index contributed by atoms with van der Waals surface area (Å²) in [5.74, 6) is 0. The predicted molar refractivity (Wildman–Crippen MR) is 87.3 cm³/mol. The van der Waals surface area contributed by atoms with Crippen molar-refractivity contribution in [2.75, 3.05) is 0 Å². The molecule has 0 bridgehead atoms. The second-order valence-corrected chi connectivity index (χ2v) is 6.09. The average Bonchev–Trinajstić information content (AvgIpc) is 2.97. The Balaban J connectivity index is 2.03. The highest BCUT2D eigenvalue weighted by Crippen LogP contribution is 2.34. The molecule has 6 heteroatoms. The van der Waals surface area contributed by atoms with Gasteiger partial charge in [0.15, 0.2) is 0 Å².